The normalized spacial score (nSPS) is 12.4. The monoisotopic (exact) mass is 374 g/mol. The highest BCUT2D eigenvalue weighted by Crippen LogP contribution is 2.30. The number of rotatable bonds is 7. The van der Waals surface area contributed by atoms with Gasteiger partial charge in [0.05, 0.1) is 17.2 Å². The van der Waals surface area contributed by atoms with Gasteiger partial charge >= 0.3 is 0 Å². The summed E-state index contributed by atoms with van der Waals surface area (Å²) in [7, 11) is 0. The molecule has 6 heteroatoms. The maximum absolute atomic E-state index is 12.4. The van der Waals surface area contributed by atoms with Crippen molar-refractivity contribution in [3.05, 3.63) is 57.0 Å². The standard InChI is InChI=1S/C19H22N2O2S2/c1-12-13(2)25-19-16(12)18(22)20-17(21-19)14(3)24-11-7-10-23-15-8-5-4-6-9-15/h4-6,8-9,14H,7,10-11H2,1-3H3,(H,20,21,22). The van der Waals surface area contributed by atoms with Gasteiger partial charge in [-0.3, -0.25) is 4.79 Å². The van der Waals surface area contributed by atoms with Crippen molar-refractivity contribution in [3.8, 4) is 5.75 Å². The second-order valence-electron chi connectivity index (χ2n) is 5.94. The first-order valence-corrected chi connectivity index (χ1v) is 10.2. The SMILES string of the molecule is Cc1sc2nc(C(C)SCCCOc3ccccc3)[nH]c(=O)c2c1C. The van der Waals surface area contributed by atoms with Gasteiger partial charge in [-0.1, -0.05) is 18.2 Å². The maximum atomic E-state index is 12.4. The molecule has 0 bridgehead atoms. The van der Waals surface area contributed by atoms with E-state index < -0.39 is 0 Å². The van der Waals surface area contributed by atoms with Crippen LogP contribution in [0.15, 0.2) is 35.1 Å². The lowest BCUT2D eigenvalue weighted by Gasteiger charge is -2.11. The predicted octanol–water partition coefficient (Wildman–Crippen LogP) is 4.86. The second-order valence-corrected chi connectivity index (χ2v) is 8.59. The van der Waals surface area contributed by atoms with E-state index in [1.165, 1.54) is 0 Å². The summed E-state index contributed by atoms with van der Waals surface area (Å²) < 4.78 is 5.70. The average molecular weight is 375 g/mol. The average Bonchev–Trinajstić information content (AvgIpc) is 2.90. The molecule has 0 aliphatic rings. The lowest BCUT2D eigenvalue weighted by atomic mass is 10.2. The van der Waals surface area contributed by atoms with Gasteiger partial charge in [-0.25, -0.2) is 4.98 Å². The Morgan fingerprint density at radius 3 is 2.80 bits per heavy atom. The largest absolute Gasteiger partial charge is 0.494 e. The van der Waals surface area contributed by atoms with E-state index in [1.54, 1.807) is 23.1 Å². The molecule has 0 amide bonds. The van der Waals surface area contributed by atoms with E-state index in [4.69, 9.17) is 4.74 Å². The van der Waals surface area contributed by atoms with Crippen LogP contribution in [0.4, 0.5) is 0 Å². The molecule has 0 saturated carbocycles. The van der Waals surface area contributed by atoms with Crippen LogP contribution in [0.1, 0.15) is 34.9 Å². The number of thioether (sulfide) groups is 1. The van der Waals surface area contributed by atoms with Crippen LogP contribution in [0.3, 0.4) is 0 Å². The fraction of sp³-hybridized carbons (Fsp3) is 0.368. The molecule has 0 aliphatic heterocycles. The molecule has 25 heavy (non-hydrogen) atoms. The summed E-state index contributed by atoms with van der Waals surface area (Å²) in [5.41, 5.74) is 1.01. The number of hydrogen-bond acceptors (Lipinski definition) is 5. The molecule has 1 N–H and O–H groups in total. The summed E-state index contributed by atoms with van der Waals surface area (Å²) in [5.74, 6) is 2.62. The fourth-order valence-electron chi connectivity index (χ4n) is 2.57. The molecule has 0 fully saturated rings. The van der Waals surface area contributed by atoms with Gasteiger partial charge in [0.1, 0.15) is 16.4 Å². The third-order valence-corrected chi connectivity index (χ3v) is 6.46. The number of nitrogens with zero attached hydrogens (tertiary/aromatic N) is 1. The molecule has 0 spiro atoms. The van der Waals surface area contributed by atoms with Crippen molar-refractivity contribution in [2.45, 2.75) is 32.4 Å². The molecule has 132 valence electrons. The molecule has 1 aromatic carbocycles. The highest BCUT2D eigenvalue weighted by atomic mass is 32.2. The Morgan fingerprint density at radius 1 is 1.28 bits per heavy atom. The van der Waals surface area contributed by atoms with Crippen molar-refractivity contribution in [2.24, 2.45) is 0 Å². The van der Waals surface area contributed by atoms with Crippen LogP contribution in [0.2, 0.25) is 0 Å². The van der Waals surface area contributed by atoms with Crippen LogP contribution in [-0.2, 0) is 0 Å². The Balaban J connectivity index is 1.55. The van der Waals surface area contributed by atoms with Gasteiger partial charge in [0, 0.05) is 4.88 Å². The van der Waals surface area contributed by atoms with E-state index in [9.17, 15) is 4.79 Å². The second kappa shape index (κ2) is 8.06. The molecular weight excluding hydrogens is 352 g/mol. The Bertz CT molecular complexity index is 903. The first-order chi connectivity index (χ1) is 12.1. The Morgan fingerprint density at radius 2 is 2.04 bits per heavy atom. The van der Waals surface area contributed by atoms with Crippen molar-refractivity contribution in [1.82, 2.24) is 9.97 Å². The lowest BCUT2D eigenvalue weighted by Crippen LogP contribution is -2.12. The Labute approximate surface area is 155 Å². The fourth-order valence-corrected chi connectivity index (χ4v) is 4.51. The van der Waals surface area contributed by atoms with E-state index in [0.717, 1.165) is 44.4 Å². The van der Waals surface area contributed by atoms with Gasteiger partial charge in [-0.05, 0) is 50.6 Å². The lowest BCUT2D eigenvalue weighted by molar-refractivity contribution is 0.318. The third kappa shape index (κ3) is 4.25. The summed E-state index contributed by atoms with van der Waals surface area (Å²) in [6.07, 6.45) is 0.952. The van der Waals surface area contributed by atoms with Gasteiger partial charge in [-0.15, -0.1) is 11.3 Å². The number of fused-ring (bicyclic) bond motifs is 1. The van der Waals surface area contributed by atoms with E-state index in [2.05, 4.69) is 16.9 Å². The molecule has 1 unspecified atom stereocenters. The number of aromatic nitrogens is 2. The molecule has 3 aromatic rings. The van der Waals surface area contributed by atoms with Gasteiger partial charge in [-0.2, -0.15) is 11.8 Å². The van der Waals surface area contributed by atoms with Gasteiger partial charge in [0.25, 0.3) is 5.56 Å². The predicted molar refractivity (Wildman–Crippen MR) is 107 cm³/mol. The molecule has 0 radical (unpaired) electrons. The zero-order valence-corrected chi connectivity index (χ0v) is 16.3. The van der Waals surface area contributed by atoms with Crippen LogP contribution in [0, 0.1) is 13.8 Å². The smallest absolute Gasteiger partial charge is 0.259 e. The van der Waals surface area contributed by atoms with Crippen LogP contribution in [0.25, 0.3) is 10.2 Å². The minimum Gasteiger partial charge on any atom is -0.494 e. The van der Waals surface area contributed by atoms with Crippen LogP contribution < -0.4 is 10.3 Å². The molecule has 4 nitrogen and oxygen atoms in total. The van der Waals surface area contributed by atoms with E-state index in [1.807, 2.05) is 44.2 Å². The van der Waals surface area contributed by atoms with Crippen molar-refractivity contribution in [2.75, 3.05) is 12.4 Å². The Hall–Kier alpha value is -1.79. The summed E-state index contributed by atoms with van der Waals surface area (Å²) in [5, 5.41) is 0.885. The topological polar surface area (TPSA) is 55.0 Å². The zero-order chi connectivity index (χ0) is 17.8. The molecule has 2 aromatic heterocycles. The summed E-state index contributed by atoms with van der Waals surface area (Å²) in [6, 6.07) is 9.84. The van der Waals surface area contributed by atoms with Gasteiger partial charge < -0.3 is 9.72 Å². The first-order valence-electron chi connectivity index (χ1n) is 8.35. The molecule has 0 aliphatic carbocycles. The zero-order valence-electron chi connectivity index (χ0n) is 14.7. The van der Waals surface area contributed by atoms with Gasteiger partial charge in [0.15, 0.2) is 0 Å². The number of aromatic amines is 1. The first kappa shape index (κ1) is 18.0. The number of para-hydroxylation sites is 1. The van der Waals surface area contributed by atoms with E-state index >= 15 is 0 Å². The summed E-state index contributed by atoms with van der Waals surface area (Å²) in [6.45, 7) is 6.79. The maximum Gasteiger partial charge on any atom is 0.259 e. The van der Waals surface area contributed by atoms with E-state index in [0.29, 0.717) is 6.61 Å². The number of H-pyrrole nitrogens is 1. The summed E-state index contributed by atoms with van der Waals surface area (Å²) in [4.78, 5) is 22.0. The Kier molecular flexibility index (Phi) is 5.81. The minimum absolute atomic E-state index is 0.0262. The van der Waals surface area contributed by atoms with Gasteiger partial charge in [0.2, 0.25) is 0 Å². The highest BCUT2D eigenvalue weighted by Gasteiger charge is 2.15. The molecule has 2 heterocycles. The number of ether oxygens (including phenoxy) is 1. The molecule has 3 rings (SSSR count). The highest BCUT2D eigenvalue weighted by molar-refractivity contribution is 7.99. The molecule has 0 saturated heterocycles. The minimum atomic E-state index is -0.0262. The summed E-state index contributed by atoms with van der Waals surface area (Å²) >= 11 is 3.38. The third-order valence-electron chi connectivity index (χ3n) is 4.11. The number of hydrogen-bond donors (Lipinski definition) is 1. The molecule has 1 atom stereocenters. The van der Waals surface area contributed by atoms with E-state index in [-0.39, 0.29) is 10.8 Å². The van der Waals surface area contributed by atoms with Crippen molar-refractivity contribution >= 4 is 33.3 Å². The van der Waals surface area contributed by atoms with Crippen molar-refractivity contribution in [1.29, 1.82) is 0 Å². The number of benzene rings is 1. The van der Waals surface area contributed by atoms with Crippen LogP contribution in [0.5, 0.6) is 5.75 Å². The van der Waals surface area contributed by atoms with Crippen LogP contribution >= 0.6 is 23.1 Å². The number of nitrogens with one attached hydrogen (secondary N) is 1. The quantitative estimate of drug-likeness (QED) is 0.600. The van der Waals surface area contributed by atoms with Crippen LogP contribution in [-0.4, -0.2) is 22.3 Å². The van der Waals surface area contributed by atoms with Crippen molar-refractivity contribution < 1.29 is 4.74 Å². The van der Waals surface area contributed by atoms with Crippen molar-refractivity contribution in [3.63, 3.8) is 0 Å². The number of thiophene rings is 1. The molecular formula is C19H22N2O2S2. The number of aryl methyl sites for hydroxylation is 2.